The number of nitrogens with one attached hydrogen (secondary N) is 1. The first-order valence-corrected chi connectivity index (χ1v) is 5.42. The minimum absolute atomic E-state index is 0.355. The second kappa shape index (κ2) is 4.77. The Labute approximate surface area is 87.1 Å². The molecule has 80 valence electrons. The first kappa shape index (κ1) is 11.5. The van der Waals surface area contributed by atoms with E-state index in [1.165, 1.54) is 19.5 Å². The second-order valence-electron chi connectivity index (χ2n) is 4.64. The van der Waals surface area contributed by atoms with Gasteiger partial charge in [-0.2, -0.15) is 5.26 Å². The minimum Gasteiger partial charge on any atom is -0.303 e. The molecule has 1 aliphatic heterocycles. The summed E-state index contributed by atoms with van der Waals surface area (Å²) >= 11 is 0. The molecule has 1 fully saturated rings. The summed E-state index contributed by atoms with van der Waals surface area (Å²) in [5, 5.41) is 12.1. The van der Waals surface area contributed by atoms with Crippen molar-refractivity contribution in [2.45, 2.75) is 32.2 Å². The molecule has 0 bridgehead atoms. The highest BCUT2D eigenvalue weighted by molar-refractivity contribution is 5.03. The van der Waals surface area contributed by atoms with Crippen LogP contribution in [0.1, 0.15) is 26.7 Å². The minimum atomic E-state index is -0.355. The molecular formula is C11H21N3. The van der Waals surface area contributed by atoms with Gasteiger partial charge in [0.15, 0.2) is 0 Å². The molecule has 3 heteroatoms. The van der Waals surface area contributed by atoms with Crippen LogP contribution in [0.5, 0.6) is 0 Å². The lowest BCUT2D eigenvalue weighted by Crippen LogP contribution is -2.41. The molecular weight excluding hydrogens is 174 g/mol. The highest BCUT2D eigenvalue weighted by atomic mass is 15.1. The maximum Gasteiger partial charge on any atom is 0.104 e. The molecule has 3 nitrogen and oxygen atoms in total. The standard InChI is InChI=1S/C11H21N3/c1-10-4-6-14(8-10)7-5-11(2,9-12)13-3/h10,13H,4-8H2,1-3H3. The lowest BCUT2D eigenvalue weighted by Gasteiger charge is -2.24. The Morgan fingerprint density at radius 3 is 2.79 bits per heavy atom. The van der Waals surface area contributed by atoms with Crippen molar-refractivity contribution >= 4 is 0 Å². The number of nitriles is 1. The first-order chi connectivity index (χ1) is 6.59. The molecule has 2 unspecified atom stereocenters. The Kier molecular flexibility index (Phi) is 3.91. The average Bonchev–Trinajstić information content (AvgIpc) is 2.61. The van der Waals surface area contributed by atoms with Crippen molar-refractivity contribution in [1.82, 2.24) is 10.2 Å². The smallest absolute Gasteiger partial charge is 0.104 e. The van der Waals surface area contributed by atoms with Crippen molar-refractivity contribution in [2.24, 2.45) is 5.92 Å². The van der Waals surface area contributed by atoms with Crippen molar-refractivity contribution in [3.63, 3.8) is 0 Å². The summed E-state index contributed by atoms with van der Waals surface area (Å²) in [5.41, 5.74) is -0.355. The van der Waals surface area contributed by atoms with Crippen LogP contribution in [0.15, 0.2) is 0 Å². The van der Waals surface area contributed by atoms with Gasteiger partial charge in [0.05, 0.1) is 6.07 Å². The van der Waals surface area contributed by atoms with E-state index in [0.717, 1.165) is 18.9 Å². The first-order valence-electron chi connectivity index (χ1n) is 5.42. The fraction of sp³-hybridized carbons (Fsp3) is 0.909. The van der Waals surface area contributed by atoms with E-state index in [1.807, 2.05) is 14.0 Å². The fourth-order valence-electron chi connectivity index (χ4n) is 1.85. The molecule has 0 aromatic rings. The van der Waals surface area contributed by atoms with Crippen LogP contribution in [0.4, 0.5) is 0 Å². The summed E-state index contributed by atoms with van der Waals surface area (Å²) in [4.78, 5) is 2.46. The molecule has 1 saturated heterocycles. The molecule has 2 atom stereocenters. The summed E-state index contributed by atoms with van der Waals surface area (Å²) < 4.78 is 0. The van der Waals surface area contributed by atoms with E-state index in [1.54, 1.807) is 0 Å². The van der Waals surface area contributed by atoms with E-state index in [-0.39, 0.29) is 5.54 Å². The van der Waals surface area contributed by atoms with E-state index >= 15 is 0 Å². The molecule has 1 aliphatic rings. The van der Waals surface area contributed by atoms with Gasteiger partial charge in [-0.05, 0) is 39.3 Å². The van der Waals surface area contributed by atoms with E-state index in [0.29, 0.717) is 0 Å². The summed E-state index contributed by atoms with van der Waals surface area (Å²) in [7, 11) is 1.86. The molecule has 14 heavy (non-hydrogen) atoms. The Morgan fingerprint density at radius 2 is 2.36 bits per heavy atom. The van der Waals surface area contributed by atoms with Crippen LogP contribution in [0, 0.1) is 17.2 Å². The van der Waals surface area contributed by atoms with Gasteiger partial charge in [-0.1, -0.05) is 6.92 Å². The zero-order valence-electron chi connectivity index (χ0n) is 9.51. The Morgan fingerprint density at radius 1 is 1.64 bits per heavy atom. The number of hydrogen-bond donors (Lipinski definition) is 1. The largest absolute Gasteiger partial charge is 0.303 e. The van der Waals surface area contributed by atoms with Crippen molar-refractivity contribution in [3.05, 3.63) is 0 Å². The number of likely N-dealkylation sites (tertiary alicyclic amines) is 1. The number of rotatable bonds is 4. The molecule has 1 heterocycles. The van der Waals surface area contributed by atoms with Gasteiger partial charge in [0, 0.05) is 13.1 Å². The third-order valence-electron chi connectivity index (χ3n) is 3.23. The summed E-state index contributed by atoms with van der Waals surface area (Å²) in [6, 6.07) is 2.33. The van der Waals surface area contributed by atoms with E-state index in [2.05, 4.69) is 23.2 Å². The van der Waals surface area contributed by atoms with Crippen molar-refractivity contribution in [2.75, 3.05) is 26.7 Å². The van der Waals surface area contributed by atoms with Gasteiger partial charge in [0.2, 0.25) is 0 Å². The summed E-state index contributed by atoms with van der Waals surface area (Å²) in [6.07, 6.45) is 2.22. The van der Waals surface area contributed by atoms with Crippen LogP contribution in [0.25, 0.3) is 0 Å². The third kappa shape index (κ3) is 2.97. The van der Waals surface area contributed by atoms with Crippen LogP contribution in [-0.4, -0.2) is 37.1 Å². The maximum absolute atomic E-state index is 8.98. The highest BCUT2D eigenvalue weighted by Crippen LogP contribution is 2.17. The van der Waals surface area contributed by atoms with Gasteiger partial charge >= 0.3 is 0 Å². The normalized spacial score (nSPS) is 27.1. The Bertz CT molecular complexity index is 221. The number of nitrogens with zero attached hydrogens (tertiary/aromatic N) is 2. The van der Waals surface area contributed by atoms with E-state index < -0.39 is 0 Å². The Hall–Kier alpha value is -0.590. The molecule has 0 aliphatic carbocycles. The van der Waals surface area contributed by atoms with Gasteiger partial charge < -0.3 is 10.2 Å². The zero-order chi connectivity index (χ0) is 10.6. The predicted molar refractivity (Wildman–Crippen MR) is 57.9 cm³/mol. The molecule has 1 rings (SSSR count). The molecule has 0 saturated carbocycles. The van der Waals surface area contributed by atoms with Crippen LogP contribution in [0.3, 0.4) is 0 Å². The lowest BCUT2D eigenvalue weighted by molar-refractivity contribution is 0.289. The molecule has 0 aromatic carbocycles. The molecule has 1 N–H and O–H groups in total. The lowest BCUT2D eigenvalue weighted by atomic mass is 10.0. The van der Waals surface area contributed by atoms with Gasteiger partial charge in [-0.15, -0.1) is 0 Å². The molecule has 0 amide bonds. The van der Waals surface area contributed by atoms with E-state index in [9.17, 15) is 0 Å². The Balaban J connectivity index is 2.30. The molecule has 0 spiro atoms. The van der Waals surface area contributed by atoms with Gasteiger partial charge in [-0.25, -0.2) is 0 Å². The van der Waals surface area contributed by atoms with Gasteiger partial charge in [0.1, 0.15) is 5.54 Å². The van der Waals surface area contributed by atoms with Gasteiger partial charge in [-0.3, -0.25) is 0 Å². The monoisotopic (exact) mass is 195 g/mol. The third-order valence-corrected chi connectivity index (χ3v) is 3.23. The van der Waals surface area contributed by atoms with Crippen molar-refractivity contribution < 1.29 is 0 Å². The maximum atomic E-state index is 8.98. The highest BCUT2D eigenvalue weighted by Gasteiger charge is 2.24. The predicted octanol–water partition coefficient (Wildman–Crippen LogP) is 1.22. The zero-order valence-corrected chi connectivity index (χ0v) is 9.51. The van der Waals surface area contributed by atoms with Crippen molar-refractivity contribution in [3.8, 4) is 6.07 Å². The SMILES string of the molecule is CNC(C)(C#N)CCN1CCC(C)C1. The molecule has 0 aromatic heterocycles. The van der Waals surface area contributed by atoms with Crippen molar-refractivity contribution in [1.29, 1.82) is 5.26 Å². The summed E-state index contributed by atoms with van der Waals surface area (Å²) in [6.45, 7) is 7.70. The summed E-state index contributed by atoms with van der Waals surface area (Å²) in [5.74, 6) is 0.831. The topological polar surface area (TPSA) is 39.1 Å². The average molecular weight is 195 g/mol. The van der Waals surface area contributed by atoms with Crippen LogP contribution < -0.4 is 5.32 Å². The van der Waals surface area contributed by atoms with Crippen LogP contribution in [-0.2, 0) is 0 Å². The quantitative estimate of drug-likeness (QED) is 0.733. The van der Waals surface area contributed by atoms with E-state index in [4.69, 9.17) is 5.26 Å². The molecule has 0 radical (unpaired) electrons. The fourth-order valence-corrected chi connectivity index (χ4v) is 1.85. The number of hydrogen-bond acceptors (Lipinski definition) is 3. The van der Waals surface area contributed by atoms with Gasteiger partial charge in [0.25, 0.3) is 0 Å². The second-order valence-corrected chi connectivity index (χ2v) is 4.64. The van der Waals surface area contributed by atoms with Crippen LogP contribution in [0.2, 0.25) is 0 Å². The van der Waals surface area contributed by atoms with Crippen LogP contribution >= 0.6 is 0 Å².